The van der Waals surface area contributed by atoms with Crippen LogP contribution in [0, 0.1) is 16.7 Å². The van der Waals surface area contributed by atoms with E-state index < -0.39 is 20.0 Å². The van der Waals surface area contributed by atoms with Gasteiger partial charge in [0.25, 0.3) is 0 Å². The van der Waals surface area contributed by atoms with Crippen molar-refractivity contribution < 1.29 is 16.8 Å². The fourth-order valence-corrected chi connectivity index (χ4v) is 7.77. The first-order valence-electron chi connectivity index (χ1n) is 9.60. The summed E-state index contributed by atoms with van der Waals surface area (Å²) in [4.78, 5) is 0.00195. The molecule has 27 heavy (non-hydrogen) atoms. The molecule has 3 unspecified atom stereocenters. The zero-order chi connectivity index (χ0) is 19.7. The molecule has 3 aliphatic rings. The molecule has 3 fully saturated rings. The van der Waals surface area contributed by atoms with E-state index in [9.17, 15) is 16.8 Å². The first kappa shape index (κ1) is 19.4. The fraction of sp³-hybridized carbons (Fsp3) is 0.684. The van der Waals surface area contributed by atoms with Crippen LogP contribution >= 0.6 is 0 Å². The SMILES string of the molecule is CC1(C)C2CCC1(C)C(NS(=O)(=O)c1cccc(S(=O)(=O)NC3CC3)c1)C2. The van der Waals surface area contributed by atoms with E-state index in [-0.39, 0.29) is 32.7 Å². The van der Waals surface area contributed by atoms with Gasteiger partial charge >= 0.3 is 0 Å². The van der Waals surface area contributed by atoms with Gasteiger partial charge < -0.3 is 0 Å². The van der Waals surface area contributed by atoms with Crippen molar-refractivity contribution in [2.75, 3.05) is 0 Å². The van der Waals surface area contributed by atoms with E-state index in [0.717, 1.165) is 32.1 Å². The number of fused-ring (bicyclic) bond motifs is 2. The van der Waals surface area contributed by atoms with Gasteiger partial charge in [-0.3, -0.25) is 0 Å². The van der Waals surface area contributed by atoms with E-state index in [2.05, 4.69) is 30.2 Å². The molecule has 6 nitrogen and oxygen atoms in total. The van der Waals surface area contributed by atoms with Crippen molar-refractivity contribution in [3.63, 3.8) is 0 Å². The topological polar surface area (TPSA) is 92.3 Å². The van der Waals surface area contributed by atoms with Gasteiger partial charge in [-0.2, -0.15) is 0 Å². The van der Waals surface area contributed by atoms with Crippen LogP contribution in [0.5, 0.6) is 0 Å². The summed E-state index contributed by atoms with van der Waals surface area (Å²) in [5.74, 6) is 0.518. The first-order valence-corrected chi connectivity index (χ1v) is 12.6. The number of rotatable bonds is 6. The minimum atomic E-state index is -3.79. The third-order valence-electron chi connectivity index (χ3n) is 7.42. The predicted molar refractivity (Wildman–Crippen MR) is 103 cm³/mol. The summed E-state index contributed by atoms with van der Waals surface area (Å²) in [5, 5.41) is 0. The molecule has 1 aromatic carbocycles. The number of hydrogen-bond donors (Lipinski definition) is 2. The van der Waals surface area contributed by atoms with Crippen LogP contribution in [0.15, 0.2) is 34.1 Å². The van der Waals surface area contributed by atoms with Crippen molar-refractivity contribution in [2.24, 2.45) is 16.7 Å². The molecule has 0 saturated heterocycles. The molecule has 2 N–H and O–H groups in total. The van der Waals surface area contributed by atoms with E-state index in [0.29, 0.717) is 5.92 Å². The molecule has 0 heterocycles. The fourth-order valence-electron chi connectivity index (χ4n) is 4.93. The third kappa shape index (κ3) is 3.14. The van der Waals surface area contributed by atoms with Gasteiger partial charge in [0.1, 0.15) is 0 Å². The molecule has 3 saturated carbocycles. The van der Waals surface area contributed by atoms with Gasteiger partial charge in [-0.25, -0.2) is 26.3 Å². The maximum absolute atomic E-state index is 13.0. The minimum Gasteiger partial charge on any atom is -0.208 e. The molecule has 0 aromatic heterocycles. The van der Waals surface area contributed by atoms with Gasteiger partial charge in [-0.1, -0.05) is 26.8 Å². The summed E-state index contributed by atoms with van der Waals surface area (Å²) in [6, 6.07) is 5.49. The summed E-state index contributed by atoms with van der Waals surface area (Å²) >= 11 is 0. The zero-order valence-corrected chi connectivity index (χ0v) is 17.7. The Labute approximate surface area is 162 Å². The van der Waals surface area contributed by atoms with E-state index in [1.54, 1.807) is 0 Å². The Morgan fingerprint density at radius 1 is 0.926 bits per heavy atom. The molecule has 0 spiro atoms. The van der Waals surface area contributed by atoms with E-state index in [4.69, 9.17) is 0 Å². The minimum absolute atomic E-state index is 0.00300. The van der Waals surface area contributed by atoms with E-state index >= 15 is 0 Å². The van der Waals surface area contributed by atoms with Crippen LogP contribution in [-0.2, 0) is 20.0 Å². The van der Waals surface area contributed by atoms with Crippen molar-refractivity contribution in [3.8, 4) is 0 Å². The van der Waals surface area contributed by atoms with Crippen molar-refractivity contribution in [2.45, 2.75) is 74.7 Å². The van der Waals surface area contributed by atoms with Crippen LogP contribution < -0.4 is 9.44 Å². The van der Waals surface area contributed by atoms with Crippen molar-refractivity contribution in [3.05, 3.63) is 24.3 Å². The van der Waals surface area contributed by atoms with Gasteiger partial charge in [-0.15, -0.1) is 0 Å². The van der Waals surface area contributed by atoms with Crippen LogP contribution in [0.3, 0.4) is 0 Å². The van der Waals surface area contributed by atoms with Crippen molar-refractivity contribution in [1.82, 2.24) is 9.44 Å². The smallest absolute Gasteiger partial charge is 0.208 e. The van der Waals surface area contributed by atoms with Crippen LogP contribution in [0.4, 0.5) is 0 Å². The highest BCUT2D eigenvalue weighted by Crippen LogP contribution is 2.65. The largest absolute Gasteiger partial charge is 0.240 e. The number of sulfonamides is 2. The maximum Gasteiger partial charge on any atom is 0.240 e. The van der Waals surface area contributed by atoms with Crippen molar-refractivity contribution in [1.29, 1.82) is 0 Å². The Balaban J connectivity index is 1.59. The lowest BCUT2D eigenvalue weighted by Gasteiger charge is -2.39. The van der Waals surface area contributed by atoms with Crippen LogP contribution in [0.25, 0.3) is 0 Å². The Kier molecular flexibility index (Phi) is 4.31. The summed E-state index contributed by atoms with van der Waals surface area (Å²) in [6.45, 7) is 6.64. The molecule has 3 atom stereocenters. The second-order valence-electron chi connectivity index (χ2n) is 9.15. The Hall–Kier alpha value is -0.960. The highest BCUT2D eigenvalue weighted by molar-refractivity contribution is 7.90. The van der Waals surface area contributed by atoms with Gasteiger partial charge in [0.2, 0.25) is 20.0 Å². The summed E-state index contributed by atoms with van der Waals surface area (Å²) in [5.41, 5.74) is 0.0154. The van der Waals surface area contributed by atoms with Gasteiger partial charge in [0.05, 0.1) is 9.79 Å². The average molecular weight is 413 g/mol. The Bertz CT molecular complexity index is 967. The quantitative estimate of drug-likeness (QED) is 0.751. The third-order valence-corrected chi connectivity index (χ3v) is 10.4. The molecule has 150 valence electrons. The second-order valence-corrected chi connectivity index (χ2v) is 12.6. The summed E-state index contributed by atoms with van der Waals surface area (Å²) < 4.78 is 56.3. The number of nitrogens with one attached hydrogen (secondary N) is 2. The van der Waals surface area contributed by atoms with Crippen LogP contribution in [-0.4, -0.2) is 28.9 Å². The predicted octanol–water partition coefficient (Wildman–Crippen LogP) is 2.62. The molecule has 0 radical (unpaired) electrons. The first-order chi connectivity index (χ1) is 12.5. The number of hydrogen-bond acceptors (Lipinski definition) is 4. The molecule has 3 aliphatic carbocycles. The summed E-state index contributed by atoms with van der Waals surface area (Å²) in [7, 11) is -7.48. The lowest BCUT2D eigenvalue weighted by Crippen LogP contribution is -2.46. The zero-order valence-electron chi connectivity index (χ0n) is 16.0. The lowest BCUT2D eigenvalue weighted by atomic mass is 9.69. The molecule has 1 aromatic rings. The molecule has 8 heteroatoms. The molecule has 0 aliphatic heterocycles. The second kappa shape index (κ2) is 6.02. The van der Waals surface area contributed by atoms with Gasteiger partial charge in [0.15, 0.2) is 0 Å². The van der Waals surface area contributed by atoms with Crippen LogP contribution in [0.2, 0.25) is 0 Å². The van der Waals surface area contributed by atoms with E-state index in [1.807, 2.05) is 0 Å². The van der Waals surface area contributed by atoms with E-state index in [1.165, 1.54) is 24.3 Å². The lowest BCUT2D eigenvalue weighted by molar-refractivity contribution is 0.130. The molecule has 2 bridgehead atoms. The monoisotopic (exact) mass is 412 g/mol. The molecular weight excluding hydrogens is 384 g/mol. The maximum atomic E-state index is 13.0. The number of benzene rings is 1. The average Bonchev–Trinajstić information content (AvgIpc) is 3.33. The molecular formula is C19H28N2O4S2. The van der Waals surface area contributed by atoms with Crippen molar-refractivity contribution >= 4 is 20.0 Å². The van der Waals surface area contributed by atoms with Crippen LogP contribution in [0.1, 0.15) is 52.9 Å². The standard InChI is InChI=1S/C19H28N2O4S2/c1-18(2)13-9-10-19(18,3)17(11-13)21-27(24,25)16-6-4-5-15(12-16)26(22,23)20-14-7-8-14/h4-6,12-14,17,20-21H,7-11H2,1-3H3. The normalized spacial score (nSPS) is 32.7. The summed E-state index contributed by atoms with van der Waals surface area (Å²) in [6.07, 6.45) is 4.65. The Morgan fingerprint density at radius 3 is 2.00 bits per heavy atom. The Morgan fingerprint density at radius 2 is 1.52 bits per heavy atom. The highest BCUT2D eigenvalue weighted by Gasteiger charge is 2.61. The molecule has 4 rings (SSSR count). The molecule has 0 amide bonds. The van der Waals surface area contributed by atoms with Gasteiger partial charge in [0, 0.05) is 12.1 Å². The van der Waals surface area contributed by atoms with Gasteiger partial charge in [-0.05, 0) is 67.1 Å². The highest BCUT2D eigenvalue weighted by atomic mass is 32.2.